The quantitative estimate of drug-likeness (QED) is 0.139. The van der Waals surface area contributed by atoms with Crippen LogP contribution >= 0.6 is 11.8 Å². The van der Waals surface area contributed by atoms with E-state index in [4.69, 9.17) is 16.2 Å². The Hall–Kier alpha value is -5.01. The maximum Gasteiger partial charge on any atom is 0.326 e. The number of nitrogens with one attached hydrogen (secondary N) is 4. The van der Waals surface area contributed by atoms with Gasteiger partial charge in [-0.3, -0.25) is 33.6 Å². The van der Waals surface area contributed by atoms with Crippen LogP contribution in [-0.2, 0) is 44.8 Å². The van der Waals surface area contributed by atoms with Crippen LogP contribution in [-0.4, -0.2) is 125 Å². The Morgan fingerprint density at radius 1 is 1.11 bits per heavy atom. The number of carbonyl (C=O) groups excluding carboxylic acids is 7. The fraction of sp³-hybridized carbons (Fsp3) is 0.556. The molecule has 1 fully saturated rings. The minimum Gasteiger partial charge on any atom is -0.497 e. The Bertz CT molecular complexity index is 1740. The zero-order valence-corrected chi connectivity index (χ0v) is 31.7. The van der Waals surface area contributed by atoms with Crippen LogP contribution in [0.2, 0.25) is 0 Å². The summed E-state index contributed by atoms with van der Waals surface area (Å²) in [6, 6.07) is -1.09. The molecule has 0 aromatic heterocycles. The molecular weight excluding hydrogens is 739 g/mol. The molecule has 0 saturated carbocycles. The number of ketones is 1. The van der Waals surface area contributed by atoms with Gasteiger partial charge in [-0.05, 0) is 46.1 Å². The molecule has 2 heterocycles. The molecule has 4 rings (SSSR count). The van der Waals surface area contributed by atoms with E-state index in [1.54, 1.807) is 13.0 Å². The van der Waals surface area contributed by atoms with E-state index in [1.807, 2.05) is 19.1 Å². The van der Waals surface area contributed by atoms with Crippen molar-refractivity contribution in [3.63, 3.8) is 0 Å². The number of carbonyl (C=O) groups is 8. The number of fused-ring (bicyclic) bond motifs is 2. The second-order valence-electron chi connectivity index (χ2n) is 13.9. The summed E-state index contributed by atoms with van der Waals surface area (Å²) in [5.74, 6) is -6.55. The maximum atomic E-state index is 14.0. The molecule has 3 aliphatic rings. The van der Waals surface area contributed by atoms with Crippen LogP contribution in [0.25, 0.3) is 5.57 Å². The third-order valence-electron chi connectivity index (χ3n) is 9.94. The van der Waals surface area contributed by atoms with Crippen LogP contribution in [0.15, 0.2) is 23.1 Å². The summed E-state index contributed by atoms with van der Waals surface area (Å²) in [6.45, 7) is 2.59. The molecule has 300 valence electrons. The first-order valence-electron chi connectivity index (χ1n) is 18.0. The van der Waals surface area contributed by atoms with Gasteiger partial charge in [0.05, 0.1) is 32.2 Å². The molecule has 0 radical (unpaired) electrons. The standard InChI is InChI=1S/C36H49N7O11S/c1-4-17(2)32-34(50)39-14-31(48)40-25(33(49)41-24(13-29(38)46)35(51)43-15-19(44)11-26(43)36(52)53)16-55-28-10-18-9-20(54-3)5-6-21(18)22(28)12-23(37)27(45)7-8-30(47)42-32/h5-6,9,17,19,23-26,32,44H,4,7-8,10-16,37H2,1-3H3,(H2,38,46)(H,39,50)(H,40,48)(H,41,49)(H,42,47)(H,52,53)/t17-,19+,23+,24-,25+,26-,32-/m0/s1. The second kappa shape index (κ2) is 19.0. The fourth-order valence-corrected chi connectivity index (χ4v) is 7.92. The fourth-order valence-electron chi connectivity index (χ4n) is 6.69. The van der Waals surface area contributed by atoms with Crippen LogP contribution in [0, 0.1) is 5.92 Å². The molecule has 55 heavy (non-hydrogen) atoms. The van der Waals surface area contributed by atoms with Crippen LogP contribution in [0.5, 0.6) is 5.75 Å². The summed E-state index contributed by atoms with van der Waals surface area (Å²) in [5, 5.41) is 29.9. The summed E-state index contributed by atoms with van der Waals surface area (Å²) in [5.41, 5.74) is 14.2. The Morgan fingerprint density at radius 2 is 1.84 bits per heavy atom. The van der Waals surface area contributed by atoms with Gasteiger partial charge in [0.2, 0.25) is 35.4 Å². The number of ether oxygens (including phenoxy) is 1. The lowest BCUT2D eigenvalue weighted by molar-refractivity contribution is -0.149. The molecule has 1 saturated heterocycles. The first-order valence-corrected chi connectivity index (χ1v) is 19.0. The number of benzene rings is 1. The number of allylic oxidation sites excluding steroid dienone is 1. The summed E-state index contributed by atoms with van der Waals surface area (Å²) in [4.78, 5) is 106. The smallest absolute Gasteiger partial charge is 0.326 e. The molecule has 10 N–H and O–H groups in total. The highest BCUT2D eigenvalue weighted by Gasteiger charge is 2.42. The van der Waals surface area contributed by atoms with Gasteiger partial charge in [0.1, 0.15) is 35.7 Å². The maximum absolute atomic E-state index is 14.0. The number of carboxylic acid groups (broad SMARTS) is 1. The van der Waals surface area contributed by atoms with Gasteiger partial charge >= 0.3 is 5.97 Å². The number of aliphatic hydroxyl groups excluding tert-OH is 1. The minimum atomic E-state index is -1.64. The SMILES string of the molecule is CC[C@H](C)[C@@H]1NC(=O)CCC(=O)[C@H](N)CC2=C(Cc3cc(OC)ccc32)SC[C@H](C(=O)N[C@@H](CC(N)=O)C(=O)N2C[C@H](O)C[C@H]2C(=O)O)NC(=O)CNC1=O. The lowest BCUT2D eigenvalue weighted by Crippen LogP contribution is -2.58. The highest BCUT2D eigenvalue weighted by atomic mass is 32.2. The van der Waals surface area contributed by atoms with Crippen molar-refractivity contribution in [1.82, 2.24) is 26.2 Å². The van der Waals surface area contributed by atoms with Crippen LogP contribution in [0.4, 0.5) is 0 Å². The number of hydrogen-bond acceptors (Lipinski definition) is 12. The lowest BCUT2D eigenvalue weighted by atomic mass is 9.95. The van der Waals surface area contributed by atoms with Gasteiger partial charge in [0.25, 0.3) is 0 Å². The Labute approximate surface area is 321 Å². The van der Waals surface area contributed by atoms with Crippen molar-refractivity contribution >= 4 is 64.5 Å². The number of β-amino-alcohol motifs (C(OH)–C–C–N with tert-alkyl or cyclic N) is 1. The lowest BCUT2D eigenvalue weighted by Gasteiger charge is -2.28. The van der Waals surface area contributed by atoms with Gasteiger partial charge in [0, 0.05) is 38.0 Å². The monoisotopic (exact) mass is 787 g/mol. The van der Waals surface area contributed by atoms with Crippen molar-refractivity contribution in [3.05, 3.63) is 34.2 Å². The normalized spacial score (nSPS) is 25.3. The zero-order valence-electron chi connectivity index (χ0n) is 30.9. The third-order valence-corrected chi connectivity index (χ3v) is 11.2. The molecule has 2 aliphatic heterocycles. The van der Waals surface area contributed by atoms with Gasteiger partial charge in [-0.15, -0.1) is 11.8 Å². The number of nitrogens with two attached hydrogens (primary N) is 2. The molecule has 18 nitrogen and oxygen atoms in total. The summed E-state index contributed by atoms with van der Waals surface area (Å²) in [7, 11) is 1.52. The number of aliphatic carboxylic acids is 1. The predicted molar refractivity (Wildman–Crippen MR) is 199 cm³/mol. The van der Waals surface area contributed by atoms with Gasteiger partial charge in [0.15, 0.2) is 0 Å². The van der Waals surface area contributed by atoms with E-state index in [9.17, 15) is 48.6 Å². The van der Waals surface area contributed by atoms with Gasteiger partial charge in [-0.2, -0.15) is 0 Å². The molecule has 6 amide bonds. The van der Waals surface area contributed by atoms with Crippen LogP contribution in [0.1, 0.15) is 63.5 Å². The van der Waals surface area contributed by atoms with Crippen molar-refractivity contribution in [1.29, 1.82) is 0 Å². The number of Topliss-reactive ketones (excluding diaryl/α,β-unsaturated/α-hetero) is 1. The van der Waals surface area contributed by atoms with Gasteiger partial charge in [-0.25, -0.2) is 4.79 Å². The number of methoxy groups -OCH3 is 1. The number of thioether (sulfide) groups is 1. The first kappa shape index (κ1) is 42.7. The van der Waals surface area contributed by atoms with E-state index >= 15 is 0 Å². The molecule has 1 aromatic carbocycles. The third kappa shape index (κ3) is 11.0. The van der Waals surface area contributed by atoms with Crippen molar-refractivity contribution < 1.29 is 53.3 Å². The van der Waals surface area contributed by atoms with Gasteiger partial charge < -0.3 is 52.6 Å². The van der Waals surface area contributed by atoms with Crippen molar-refractivity contribution in [3.8, 4) is 5.75 Å². The Balaban J connectivity index is 1.68. The average Bonchev–Trinajstić information content (AvgIpc) is 3.71. The number of carboxylic acids is 1. The average molecular weight is 788 g/mol. The van der Waals surface area contributed by atoms with Crippen molar-refractivity contribution in [2.75, 3.05) is 26.0 Å². The molecule has 1 aliphatic carbocycles. The largest absolute Gasteiger partial charge is 0.497 e. The van der Waals surface area contributed by atoms with E-state index in [1.165, 1.54) is 18.9 Å². The van der Waals surface area contributed by atoms with E-state index in [-0.39, 0.29) is 49.7 Å². The predicted octanol–water partition coefficient (Wildman–Crippen LogP) is -1.69. The molecule has 0 unspecified atom stereocenters. The number of primary amides is 1. The highest BCUT2D eigenvalue weighted by Crippen LogP contribution is 2.42. The van der Waals surface area contributed by atoms with E-state index in [2.05, 4.69) is 21.3 Å². The van der Waals surface area contributed by atoms with E-state index in [0.29, 0.717) is 18.6 Å². The molecule has 0 spiro atoms. The van der Waals surface area contributed by atoms with Gasteiger partial charge in [-0.1, -0.05) is 26.3 Å². The highest BCUT2D eigenvalue weighted by molar-refractivity contribution is 8.03. The Kier molecular flexibility index (Phi) is 14.8. The number of rotatable bonds is 9. The first-order chi connectivity index (χ1) is 26.0. The molecule has 0 bridgehead atoms. The molecule has 7 atom stereocenters. The second-order valence-corrected chi connectivity index (χ2v) is 15.0. The summed E-state index contributed by atoms with van der Waals surface area (Å²) >= 11 is 1.18. The zero-order chi connectivity index (χ0) is 40.6. The Morgan fingerprint density at radius 3 is 2.49 bits per heavy atom. The number of amides is 6. The molecule has 1 aromatic rings. The summed E-state index contributed by atoms with van der Waals surface area (Å²) in [6.07, 6.45) is -1.56. The molecular formula is C36H49N7O11S. The van der Waals surface area contributed by atoms with E-state index < -0.39 is 90.7 Å². The van der Waals surface area contributed by atoms with Crippen LogP contribution in [0.3, 0.4) is 0 Å². The topological polar surface area (TPSA) is 290 Å². The van der Waals surface area contributed by atoms with Crippen molar-refractivity contribution in [2.24, 2.45) is 17.4 Å². The number of hydrogen-bond donors (Lipinski definition) is 8. The van der Waals surface area contributed by atoms with Crippen molar-refractivity contribution in [2.45, 2.75) is 95.1 Å². The molecule has 19 heteroatoms. The number of likely N-dealkylation sites (tertiary alicyclic amines) is 1. The minimum absolute atomic E-state index is 0.0881. The number of aliphatic hydroxyl groups is 1. The number of nitrogens with zero attached hydrogens (tertiary/aromatic N) is 1. The summed E-state index contributed by atoms with van der Waals surface area (Å²) < 4.78 is 5.40. The van der Waals surface area contributed by atoms with E-state index in [0.717, 1.165) is 26.5 Å². The van der Waals surface area contributed by atoms with Crippen LogP contribution < -0.4 is 37.5 Å².